The van der Waals surface area contributed by atoms with Gasteiger partial charge in [-0.05, 0) is 19.3 Å². The molecule has 0 heterocycles. The number of carbonyl (C=O) groups excluding carboxylic acids is 1. The SMILES string of the molecule is CCCCCCN(CCCCCC)C(=O)NCCC[O]. The third-order valence-corrected chi connectivity index (χ3v) is 3.45. The Morgan fingerprint density at radius 3 is 1.85 bits per heavy atom. The van der Waals surface area contributed by atoms with Gasteiger partial charge < -0.3 is 10.2 Å². The molecule has 0 fully saturated rings. The van der Waals surface area contributed by atoms with Crippen LogP contribution in [0.4, 0.5) is 4.79 Å². The maximum atomic E-state index is 12.1. The van der Waals surface area contributed by atoms with E-state index in [0.29, 0.717) is 13.0 Å². The van der Waals surface area contributed by atoms with E-state index in [1.807, 2.05) is 4.90 Å². The number of nitrogens with one attached hydrogen (secondary N) is 1. The lowest BCUT2D eigenvalue weighted by molar-refractivity contribution is 0.180. The first kappa shape index (κ1) is 19.2. The Kier molecular flexibility index (Phi) is 14.1. The molecular formula is C16H33N2O2. The van der Waals surface area contributed by atoms with E-state index < -0.39 is 0 Å². The van der Waals surface area contributed by atoms with Gasteiger partial charge in [-0.25, -0.2) is 9.90 Å². The second kappa shape index (κ2) is 14.6. The monoisotopic (exact) mass is 285 g/mol. The van der Waals surface area contributed by atoms with Gasteiger partial charge in [-0.3, -0.25) is 0 Å². The molecule has 4 nitrogen and oxygen atoms in total. The quantitative estimate of drug-likeness (QED) is 0.511. The lowest BCUT2D eigenvalue weighted by Crippen LogP contribution is -2.41. The summed E-state index contributed by atoms with van der Waals surface area (Å²) in [7, 11) is 0. The van der Waals surface area contributed by atoms with E-state index in [2.05, 4.69) is 19.2 Å². The zero-order valence-corrected chi connectivity index (χ0v) is 13.5. The molecule has 0 bridgehead atoms. The topological polar surface area (TPSA) is 52.2 Å². The highest BCUT2D eigenvalue weighted by Gasteiger charge is 2.11. The zero-order valence-electron chi connectivity index (χ0n) is 13.5. The average molecular weight is 285 g/mol. The summed E-state index contributed by atoms with van der Waals surface area (Å²) in [6, 6.07) is 0.00597. The molecular weight excluding hydrogens is 252 g/mol. The van der Waals surface area contributed by atoms with Crippen molar-refractivity contribution in [2.45, 2.75) is 71.6 Å². The normalized spacial score (nSPS) is 10.6. The molecule has 0 aliphatic rings. The van der Waals surface area contributed by atoms with Crippen LogP contribution in [-0.4, -0.2) is 37.2 Å². The maximum Gasteiger partial charge on any atom is 0.317 e. The van der Waals surface area contributed by atoms with Crippen LogP contribution >= 0.6 is 0 Å². The van der Waals surface area contributed by atoms with Gasteiger partial charge in [0.05, 0.1) is 6.61 Å². The Hall–Kier alpha value is -0.770. The maximum absolute atomic E-state index is 12.1. The number of amides is 2. The molecule has 1 radical (unpaired) electrons. The molecule has 4 heteroatoms. The van der Waals surface area contributed by atoms with E-state index in [0.717, 1.165) is 25.9 Å². The first-order valence-corrected chi connectivity index (χ1v) is 8.37. The number of nitrogens with zero attached hydrogens (tertiary/aromatic N) is 1. The van der Waals surface area contributed by atoms with Crippen LogP contribution in [0.25, 0.3) is 0 Å². The second-order valence-corrected chi connectivity index (χ2v) is 5.40. The van der Waals surface area contributed by atoms with E-state index in [1.54, 1.807) is 0 Å². The summed E-state index contributed by atoms with van der Waals surface area (Å²) in [5.74, 6) is 0. The van der Waals surface area contributed by atoms with Crippen molar-refractivity contribution in [1.82, 2.24) is 10.2 Å². The number of unbranched alkanes of at least 4 members (excludes halogenated alkanes) is 6. The van der Waals surface area contributed by atoms with Crippen molar-refractivity contribution in [1.29, 1.82) is 0 Å². The van der Waals surface area contributed by atoms with Crippen molar-refractivity contribution in [3.8, 4) is 0 Å². The van der Waals surface area contributed by atoms with E-state index in [9.17, 15) is 9.90 Å². The standard InChI is InChI=1S/C16H33N2O2/c1-3-5-7-9-13-18(14-10-8-6-4-2)16(20)17-12-11-15-19/h3-15H2,1-2H3,(H,17,20). The van der Waals surface area contributed by atoms with E-state index in [4.69, 9.17) is 0 Å². The van der Waals surface area contributed by atoms with Crippen LogP contribution in [0.5, 0.6) is 0 Å². The van der Waals surface area contributed by atoms with Crippen LogP contribution in [0, 0.1) is 0 Å². The van der Waals surface area contributed by atoms with Gasteiger partial charge in [-0.2, -0.15) is 0 Å². The molecule has 119 valence electrons. The molecule has 0 rings (SSSR count). The van der Waals surface area contributed by atoms with Crippen LogP contribution in [-0.2, 0) is 5.11 Å². The molecule has 0 aliphatic carbocycles. The minimum Gasteiger partial charge on any atom is -0.338 e. The molecule has 0 atom stereocenters. The molecule has 0 aromatic heterocycles. The van der Waals surface area contributed by atoms with Gasteiger partial charge in [-0.15, -0.1) is 0 Å². The van der Waals surface area contributed by atoms with Gasteiger partial charge in [-0.1, -0.05) is 52.4 Å². The fourth-order valence-corrected chi connectivity index (χ4v) is 2.15. The molecule has 0 spiro atoms. The van der Waals surface area contributed by atoms with Crippen LogP contribution in [0.2, 0.25) is 0 Å². The molecule has 20 heavy (non-hydrogen) atoms. The largest absolute Gasteiger partial charge is 0.338 e. The molecule has 0 saturated heterocycles. The van der Waals surface area contributed by atoms with Crippen molar-refractivity contribution >= 4 is 6.03 Å². The number of hydrogen-bond acceptors (Lipinski definition) is 1. The highest BCUT2D eigenvalue weighted by Crippen LogP contribution is 2.05. The molecule has 0 aromatic carbocycles. The summed E-state index contributed by atoms with van der Waals surface area (Å²) < 4.78 is 0. The van der Waals surface area contributed by atoms with Gasteiger partial charge in [0.15, 0.2) is 0 Å². The highest BCUT2D eigenvalue weighted by molar-refractivity contribution is 5.74. The summed E-state index contributed by atoms with van der Waals surface area (Å²) >= 11 is 0. The minimum absolute atomic E-state index is 0.00597. The van der Waals surface area contributed by atoms with Gasteiger partial charge in [0.1, 0.15) is 0 Å². The summed E-state index contributed by atoms with van der Waals surface area (Å²) in [6.45, 7) is 6.46. The number of carbonyl (C=O) groups is 1. The van der Waals surface area contributed by atoms with Crippen LogP contribution < -0.4 is 5.32 Å². The summed E-state index contributed by atoms with van der Waals surface area (Å²) in [5, 5.41) is 13.3. The van der Waals surface area contributed by atoms with Crippen LogP contribution in [0.1, 0.15) is 71.6 Å². The molecule has 1 N–H and O–H groups in total. The predicted octanol–water partition coefficient (Wildman–Crippen LogP) is 3.98. The Labute approximate surface area is 124 Å². The molecule has 2 amide bonds. The van der Waals surface area contributed by atoms with Crippen LogP contribution in [0.15, 0.2) is 0 Å². The lowest BCUT2D eigenvalue weighted by Gasteiger charge is -2.23. The highest BCUT2D eigenvalue weighted by atomic mass is 16.3. The van der Waals surface area contributed by atoms with Gasteiger partial charge >= 0.3 is 6.03 Å². The molecule has 0 unspecified atom stereocenters. The van der Waals surface area contributed by atoms with Gasteiger partial charge in [0, 0.05) is 19.6 Å². The van der Waals surface area contributed by atoms with Crippen molar-refractivity contribution < 1.29 is 9.90 Å². The number of urea groups is 1. The summed E-state index contributed by atoms with van der Waals surface area (Å²) in [5.41, 5.74) is 0. The Morgan fingerprint density at radius 1 is 0.850 bits per heavy atom. The van der Waals surface area contributed by atoms with Crippen molar-refractivity contribution in [3.63, 3.8) is 0 Å². The fraction of sp³-hybridized carbons (Fsp3) is 0.938. The Morgan fingerprint density at radius 2 is 1.40 bits per heavy atom. The average Bonchev–Trinajstić information content (AvgIpc) is 2.45. The van der Waals surface area contributed by atoms with Crippen LogP contribution in [0.3, 0.4) is 0 Å². The molecule has 0 saturated carbocycles. The Balaban J connectivity index is 3.98. The Bertz CT molecular complexity index is 211. The van der Waals surface area contributed by atoms with E-state index in [-0.39, 0.29) is 12.6 Å². The summed E-state index contributed by atoms with van der Waals surface area (Å²) in [4.78, 5) is 14.0. The smallest absolute Gasteiger partial charge is 0.317 e. The zero-order chi connectivity index (χ0) is 15.1. The second-order valence-electron chi connectivity index (χ2n) is 5.40. The van der Waals surface area contributed by atoms with Crippen molar-refractivity contribution in [2.24, 2.45) is 0 Å². The number of hydrogen-bond donors (Lipinski definition) is 1. The third-order valence-electron chi connectivity index (χ3n) is 3.45. The molecule has 0 aromatic rings. The summed E-state index contributed by atoms with van der Waals surface area (Å²) in [6.07, 6.45) is 9.96. The predicted molar refractivity (Wildman–Crippen MR) is 83.4 cm³/mol. The van der Waals surface area contributed by atoms with Crippen molar-refractivity contribution in [3.05, 3.63) is 0 Å². The third kappa shape index (κ3) is 11.1. The minimum atomic E-state index is -0.118. The lowest BCUT2D eigenvalue weighted by atomic mass is 10.2. The first-order chi connectivity index (χ1) is 9.76. The first-order valence-electron chi connectivity index (χ1n) is 8.37. The number of rotatable bonds is 13. The van der Waals surface area contributed by atoms with E-state index >= 15 is 0 Å². The fourth-order valence-electron chi connectivity index (χ4n) is 2.15. The van der Waals surface area contributed by atoms with Gasteiger partial charge in [0.2, 0.25) is 0 Å². The molecule has 0 aliphatic heterocycles. The van der Waals surface area contributed by atoms with E-state index in [1.165, 1.54) is 38.5 Å². The van der Waals surface area contributed by atoms with Crippen molar-refractivity contribution in [2.75, 3.05) is 26.2 Å². The van der Waals surface area contributed by atoms with Gasteiger partial charge in [0.25, 0.3) is 0 Å².